The molecule has 0 unspecified atom stereocenters. The van der Waals surface area contributed by atoms with Crippen molar-refractivity contribution in [2.75, 3.05) is 26.8 Å². The van der Waals surface area contributed by atoms with Gasteiger partial charge < -0.3 is 14.8 Å². The van der Waals surface area contributed by atoms with Crippen LogP contribution in [0.2, 0.25) is 0 Å². The molecule has 0 spiro atoms. The van der Waals surface area contributed by atoms with E-state index in [0.29, 0.717) is 12.5 Å². The standard InChI is InChI=1S/C14H23N3O2/c1-18-14-13(16-7-8-17-14)11-19-9-3-5-12-4-2-6-15-10-12/h7-8,12,15H,2-6,9-11H2,1H3/t12-/m1/s1. The summed E-state index contributed by atoms with van der Waals surface area (Å²) in [6.45, 7) is 3.59. The highest BCUT2D eigenvalue weighted by atomic mass is 16.5. The molecule has 0 amide bonds. The molecule has 5 heteroatoms. The first-order valence-corrected chi connectivity index (χ1v) is 7.02. The lowest BCUT2D eigenvalue weighted by Crippen LogP contribution is -2.29. The lowest BCUT2D eigenvalue weighted by atomic mass is 9.95. The molecule has 1 saturated heterocycles. The van der Waals surface area contributed by atoms with Crippen LogP contribution in [0.5, 0.6) is 5.88 Å². The van der Waals surface area contributed by atoms with Crippen LogP contribution in [0.3, 0.4) is 0 Å². The van der Waals surface area contributed by atoms with Gasteiger partial charge in [0.1, 0.15) is 5.69 Å². The Bertz CT molecular complexity index is 367. The highest BCUT2D eigenvalue weighted by Crippen LogP contribution is 2.16. The summed E-state index contributed by atoms with van der Waals surface area (Å²) in [6.07, 6.45) is 8.29. The van der Waals surface area contributed by atoms with Gasteiger partial charge in [-0.1, -0.05) is 0 Å². The number of ether oxygens (including phenoxy) is 2. The van der Waals surface area contributed by atoms with Gasteiger partial charge in [0.25, 0.3) is 0 Å². The second kappa shape index (κ2) is 8.07. The van der Waals surface area contributed by atoms with Crippen molar-refractivity contribution in [1.29, 1.82) is 0 Å². The van der Waals surface area contributed by atoms with Gasteiger partial charge in [-0.15, -0.1) is 0 Å². The van der Waals surface area contributed by atoms with E-state index < -0.39 is 0 Å². The van der Waals surface area contributed by atoms with Gasteiger partial charge in [-0.2, -0.15) is 0 Å². The predicted octanol–water partition coefficient (Wildman–Crippen LogP) is 1.78. The fourth-order valence-electron chi connectivity index (χ4n) is 2.44. The minimum absolute atomic E-state index is 0.472. The summed E-state index contributed by atoms with van der Waals surface area (Å²) < 4.78 is 10.8. The van der Waals surface area contributed by atoms with Crippen LogP contribution in [-0.4, -0.2) is 36.8 Å². The first-order valence-electron chi connectivity index (χ1n) is 7.02. The Morgan fingerprint density at radius 2 is 2.26 bits per heavy atom. The van der Waals surface area contributed by atoms with Crippen LogP contribution in [0.1, 0.15) is 31.4 Å². The average molecular weight is 265 g/mol. The Hall–Kier alpha value is -1.20. The van der Waals surface area contributed by atoms with E-state index in [1.807, 2.05) is 0 Å². The Kier molecular flexibility index (Phi) is 6.04. The topological polar surface area (TPSA) is 56.3 Å². The van der Waals surface area contributed by atoms with Crippen LogP contribution in [0.15, 0.2) is 12.4 Å². The molecule has 5 nitrogen and oxygen atoms in total. The van der Waals surface area contributed by atoms with Gasteiger partial charge in [-0.3, -0.25) is 4.98 Å². The molecule has 0 aliphatic carbocycles. The smallest absolute Gasteiger partial charge is 0.237 e. The Balaban J connectivity index is 1.61. The second-order valence-corrected chi connectivity index (χ2v) is 4.92. The molecule has 1 atom stereocenters. The van der Waals surface area contributed by atoms with Crippen LogP contribution in [-0.2, 0) is 11.3 Å². The minimum atomic E-state index is 0.472. The lowest BCUT2D eigenvalue weighted by molar-refractivity contribution is 0.107. The van der Waals surface area contributed by atoms with Crippen molar-refractivity contribution in [1.82, 2.24) is 15.3 Å². The van der Waals surface area contributed by atoms with Crippen molar-refractivity contribution in [2.24, 2.45) is 5.92 Å². The molecule has 106 valence electrons. The highest BCUT2D eigenvalue weighted by Gasteiger charge is 2.12. The van der Waals surface area contributed by atoms with Gasteiger partial charge in [0.2, 0.25) is 5.88 Å². The van der Waals surface area contributed by atoms with Crippen LogP contribution in [0, 0.1) is 5.92 Å². The molecule has 2 rings (SSSR count). The molecule has 1 N–H and O–H groups in total. The molecule has 1 aliphatic rings. The van der Waals surface area contributed by atoms with E-state index in [0.717, 1.165) is 31.2 Å². The molecular weight excluding hydrogens is 242 g/mol. The zero-order chi connectivity index (χ0) is 13.3. The Morgan fingerprint density at radius 3 is 3.05 bits per heavy atom. The third kappa shape index (κ3) is 4.76. The lowest BCUT2D eigenvalue weighted by Gasteiger charge is -2.22. The molecule has 0 radical (unpaired) electrons. The van der Waals surface area contributed by atoms with E-state index >= 15 is 0 Å². The third-order valence-electron chi connectivity index (χ3n) is 3.47. The number of hydrogen-bond donors (Lipinski definition) is 1. The van der Waals surface area contributed by atoms with Gasteiger partial charge in [-0.25, -0.2) is 4.98 Å². The maximum atomic E-state index is 5.65. The van der Waals surface area contributed by atoms with Crippen LogP contribution < -0.4 is 10.1 Å². The summed E-state index contributed by atoms with van der Waals surface area (Å²) in [7, 11) is 1.60. The number of nitrogens with one attached hydrogen (secondary N) is 1. The molecule has 1 aliphatic heterocycles. The summed E-state index contributed by atoms with van der Waals surface area (Å²) in [5.74, 6) is 1.38. The van der Waals surface area contributed by atoms with Crippen molar-refractivity contribution < 1.29 is 9.47 Å². The van der Waals surface area contributed by atoms with Crippen LogP contribution in [0.4, 0.5) is 0 Å². The monoisotopic (exact) mass is 265 g/mol. The van der Waals surface area contributed by atoms with E-state index in [-0.39, 0.29) is 0 Å². The Labute approximate surface area is 114 Å². The summed E-state index contributed by atoms with van der Waals surface area (Å²) in [6, 6.07) is 0. The molecule has 19 heavy (non-hydrogen) atoms. The van der Waals surface area contributed by atoms with E-state index in [1.54, 1.807) is 19.5 Å². The number of nitrogens with zero attached hydrogens (tertiary/aromatic N) is 2. The van der Waals surface area contributed by atoms with E-state index in [9.17, 15) is 0 Å². The van der Waals surface area contributed by atoms with Crippen molar-refractivity contribution in [2.45, 2.75) is 32.3 Å². The summed E-state index contributed by atoms with van der Waals surface area (Å²) in [5.41, 5.74) is 0.768. The van der Waals surface area contributed by atoms with Crippen LogP contribution >= 0.6 is 0 Å². The fourth-order valence-corrected chi connectivity index (χ4v) is 2.44. The van der Waals surface area contributed by atoms with Gasteiger partial charge in [-0.05, 0) is 44.7 Å². The van der Waals surface area contributed by atoms with Crippen LogP contribution in [0.25, 0.3) is 0 Å². The quantitative estimate of drug-likeness (QED) is 0.762. The number of rotatable bonds is 7. The SMILES string of the molecule is COc1nccnc1COCCC[C@H]1CCCNC1. The molecule has 1 fully saturated rings. The maximum absolute atomic E-state index is 5.65. The zero-order valence-electron chi connectivity index (χ0n) is 11.6. The summed E-state index contributed by atoms with van der Waals surface area (Å²) in [5, 5.41) is 3.44. The molecule has 0 saturated carbocycles. The van der Waals surface area contributed by atoms with E-state index in [2.05, 4.69) is 15.3 Å². The van der Waals surface area contributed by atoms with E-state index in [1.165, 1.54) is 25.8 Å². The minimum Gasteiger partial charge on any atom is -0.480 e. The second-order valence-electron chi connectivity index (χ2n) is 4.92. The number of piperidine rings is 1. The van der Waals surface area contributed by atoms with Gasteiger partial charge in [0, 0.05) is 19.0 Å². The normalized spacial score (nSPS) is 19.3. The summed E-state index contributed by atoms with van der Waals surface area (Å²) >= 11 is 0. The maximum Gasteiger partial charge on any atom is 0.237 e. The summed E-state index contributed by atoms with van der Waals surface area (Å²) in [4.78, 5) is 8.31. The average Bonchev–Trinajstić information content (AvgIpc) is 2.48. The fraction of sp³-hybridized carbons (Fsp3) is 0.714. The van der Waals surface area contributed by atoms with Gasteiger partial charge >= 0.3 is 0 Å². The van der Waals surface area contributed by atoms with Gasteiger partial charge in [0.15, 0.2) is 0 Å². The van der Waals surface area contributed by atoms with Gasteiger partial charge in [0.05, 0.1) is 13.7 Å². The molecule has 1 aromatic rings. The number of aromatic nitrogens is 2. The number of methoxy groups -OCH3 is 1. The molecule has 1 aromatic heterocycles. The largest absolute Gasteiger partial charge is 0.480 e. The number of hydrogen-bond acceptors (Lipinski definition) is 5. The third-order valence-corrected chi connectivity index (χ3v) is 3.47. The van der Waals surface area contributed by atoms with Crippen molar-refractivity contribution in [3.63, 3.8) is 0 Å². The first kappa shape index (κ1) is 14.2. The first-order chi connectivity index (χ1) is 9.40. The molecule has 0 aromatic carbocycles. The molecule has 0 bridgehead atoms. The zero-order valence-corrected chi connectivity index (χ0v) is 11.6. The Morgan fingerprint density at radius 1 is 1.37 bits per heavy atom. The van der Waals surface area contributed by atoms with Crippen molar-refractivity contribution in [3.8, 4) is 5.88 Å². The van der Waals surface area contributed by atoms with Crippen molar-refractivity contribution in [3.05, 3.63) is 18.1 Å². The van der Waals surface area contributed by atoms with Crippen molar-refractivity contribution >= 4 is 0 Å². The predicted molar refractivity (Wildman–Crippen MR) is 73.1 cm³/mol. The van der Waals surface area contributed by atoms with E-state index in [4.69, 9.17) is 9.47 Å². The molecular formula is C14H23N3O2. The highest BCUT2D eigenvalue weighted by molar-refractivity contribution is 5.15. The molecule has 2 heterocycles.